The number of likely N-dealkylation sites (tertiary alicyclic amines) is 1. The van der Waals surface area contributed by atoms with Crippen LogP contribution in [0.4, 0.5) is 5.69 Å². The van der Waals surface area contributed by atoms with E-state index in [0.29, 0.717) is 18.8 Å². The van der Waals surface area contributed by atoms with Crippen LogP contribution in [0.5, 0.6) is 0 Å². The topological polar surface area (TPSA) is 53.5 Å². The van der Waals surface area contributed by atoms with Gasteiger partial charge in [-0.1, -0.05) is 13.0 Å². The van der Waals surface area contributed by atoms with Gasteiger partial charge in [-0.3, -0.25) is 9.59 Å². The average molecular weight is 355 g/mol. The molecule has 2 amide bonds. The van der Waals surface area contributed by atoms with Crippen LogP contribution in [0.2, 0.25) is 0 Å². The molecule has 2 atom stereocenters. The van der Waals surface area contributed by atoms with Gasteiger partial charge in [-0.2, -0.15) is 11.3 Å². The maximum Gasteiger partial charge on any atom is 0.272 e. The van der Waals surface area contributed by atoms with Crippen LogP contribution in [0.25, 0.3) is 0 Å². The lowest BCUT2D eigenvalue weighted by Crippen LogP contribution is -2.40. The minimum absolute atomic E-state index is 0.0748. The molecule has 0 aromatic carbocycles. The molecule has 2 aromatic heterocycles. The number of hydrogen-bond donors (Lipinski definition) is 0. The number of rotatable bonds is 2. The Hall–Kier alpha value is -2.21. The van der Waals surface area contributed by atoms with Crippen LogP contribution < -0.4 is 4.90 Å². The van der Waals surface area contributed by atoms with Crippen molar-refractivity contribution < 1.29 is 9.59 Å². The second-order valence-corrected chi connectivity index (χ2v) is 7.88. The Morgan fingerprint density at radius 2 is 2.20 bits per heavy atom. The van der Waals surface area contributed by atoms with E-state index in [4.69, 9.17) is 0 Å². The Bertz CT molecular complexity index is 820. The molecular weight excluding hydrogens is 334 g/mol. The Kier molecular flexibility index (Phi) is 3.87. The van der Waals surface area contributed by atoms with Crippen molar-refractivity contribution in [3.63, 3.8) is 0 Å². The molecule has 0 radical (unpaired) electrons. The number of thiophene rings is 1. The largest absolute Gasteiger partial charge is 0.336 e. The number of pyridine rings is 1. The summed E-state index contributed by atoms with van der Waals surface area (Å²) in [5, 5.41) is 4.00. The average Bonchev–Trinajstić information content (AvgIpc) is 3.30. The number of anilines is 1. The second-order valence-electron chi connectivity index (χ2n) is 7.10. The van der Waals surface area contributed by atoms with Crippen molar-refractivity contribution in [1.82, 2.24) is 9.88 Å². The van der Waals surface area contributed by atoms with E-state index in [-0.39, 0.29) is 17.7 Å². The first kappa shape index (κ1) is 16.3. The van der Waals surface area contributed by atoms with Crippen LogP contribution in [0.15, 0.2) is 35.0 Å². The third kappa shape index (κ3) is 2.56. The van der Waals surface area contributed by atoms with E-state index in [9.17, 15) is 9.59 Å². The molecule has 2 aliphatic rings. The predicted molar refractivity (Wildman–Crippen MR) is 97.8 cm³/mol. The Morgan fingerprint density at radius 3 is 2.92 bits per heavy atom. The fourth-order valence-electron chi connectivity index (χ4n) is 4.09. The molecule has 1 spiro atoms. The Labute approximate surface area is 151 Å². The number of hydrogen-bond acceptors (Lipinski definition) is 4. The summed E-state index contributed by atoms with van der Waals surface area (Å²) in [5.74, 6) is 0.234. The van der Waals surface area contributed by atoms with Gasteiger partial charge < -0.3 is 9.80 Å². The van der Waals surface area contributed by atoms with Crippen molar-refractivity contribution in [2.45, 2.75) is 20.3 Å². The summed E-state index contributed by atoms with van der Waals surface area (Å²) < 4.78 is 0. The lowest BCUT2D eigenvalue weighted by Gasteiger charge is -2.26. The summed E-state index contributed by atoms with van der Waals surface area (Å²) in [6, 6.07) is 7.47. The zero-order valence-corrected chi connectivity index (χ0v) is 15.3. The highest BCUT2D eigenvalue weighted by Crippen LogP contribution is 2.46. The predicted octanol–water partition coefficient (Wildman–Crippen LogP) is 2.97. The lowest BCUT2D eigenvalue weighted by molar-refractivity contribution is -0.126. The van der Waals surface area contributed by atoms with E-state index < -0.39 is 5.41 Å². The standard InChI is InChI=1S/C19H21N3O2S/c1-13-10-21(17(23)16-5-3-4-14(2)20-16)12-19(13)7-8-22(18(19)24)15-6-9-25-11-15/h3-6,9,11,13H,7-8,10,12H2,1-2H3/t13-,19-/m1/s1. The molecular formula is C19H21N3O2S. The number of amides is 2. The first-order chi connectivity index (χ1) is 12.0. The van der Waals surface area contributed by atoms with Gasteiger partial charge in [-0.05, 0) is 42.8 Å². The normalized spacial score (nSPS) is 26.0. The molecule has 0 bridgehead atoms. The molecule has 2 aromatic rings. The first-order valence-corrected chi connectivity index (χ1v) is 9.53. The van der Waals surface area contributed by atoms with Gasteiger partial charge in [-0.25, -0.2) is 4.98 Å². The molecule has 0 saturated carbocycles. The first-order valence-electron chi connectivity index (χ1n) is 8.58. The summed E-state index contributed by atoms with van der Waals surface area (Å²) in [6.07, 6.45) is 0.799. The molecule has 0 aliphatic carbocycles. The van der Waals surface area contributed by atoms with Gasteiger partial charge in [0.1, 0.15) is 5.69 Å². The van der Waals surface area contributed by atoms with Gasteiger partial charge in [0.05, 0.1) is 11.1 Å². The molecule has 4 heterocycles. The molecule has 0 unspecified atom stereocenters. The fourth-order valence-corrected chi connectivity index (χ4v) is 4.74. The van der Waals surface area contributed by atoms with Crippen molar-refractivity contribution in [2.24, 2.45) is 11.3 Å². The van der Waals surface area contributed by atoms with E-state index in [2.05, 4.69) is 11.9 Å². The van der Waals surface area contributed by atoms with Gasteiger partial charge in [0.2, 0.25) is 5.91 Å². The van der Waals surface area contributed by atoms with Crippen LogP contribution in [-0.2, 0) is 4.79 Å². The monoisotopic (exact) mass is 355 g/mol. The maximum absolute atomic E-state index is 13.2. The van der Waals surface area contributed by atoms with Crippen LogP contribution in [-0.4, -0.2) is 41.3 Å². The second kappa shape index (κ2) is 5.95. The smallest absolute Gasteiger partial charge is 0.272 e. The number of carbonyl (C=O) groups excluding carboxylic acids is 2. The summed E-state index contributed by atoms with van der Waals surface area (Å²) >= 11 is 1.60. The maximum atomic E-state index is 13.2. The van der Waals surface area contributed by atoms with Gasteiger partial charge >= 0.3 is 0 Å². The number of nitrogens with zero attached hydrogens (tertiary/aromatic N) is 3. The molecule has 0 N–H and O–H groups in total. The zero-order chi connectivity index (χ0) is 17.6. The van der Waals surface area contributed by atoms with Crippen molar-refractivity contribution in [2.75, 3.05) is 24.5 Å². The van der Waals surface area contributed by atoms with Crippen LogP contribution in [0, 0.1) is 18.3 Å². The molecule has 5 nitrogen and oxygen atoms in total. The van der Waals surface area contributed by atoms with Crippen LogP contribution >= 0.6 is 11.3 Å². The van der Waals surface area contributed by atoms with E-state index in [0.717, 1.165) is 24.3 Å². The van der Waals surface area contributed by atoms with Gasteiger partial charge in [0.15, 0.2) is 0 Å². The van der Waals surface area contributed by atoms with E-state index in [1.807, 2.05) is 45.7 Å². The molecule has 2 saturated heterocycles. The molecule has 6 heteroatoms. The highest BCUT2D eigenvalue weighted by atomic mass is 32.1. The van der Waals surface area contributed by atoms with Gasteiger partial charge in [0.25, 0.3) is 5.91 Å². The van der Waals surface area contributed by atoms with Crippen LogP contribution in [0.1, 0.15) is 29.5 Å². The molecule has 2 fully saturated rings. The molecule has 2 aliphatic heterocycles. The van der Waals surface area contributed by atoms with Crippen molar-refractivity contribution in [1.29, 1.82) is 0 Å². The summed E-state index contributed by atoms with van der Waals surface area (Å²) in [6.45, 7) is 5.79. The molecule has 130 valence electrons. The van der Waals surface area contributed by atoms with E-state index in [1.165, 1.54) is 0 Å². The number of aryl methyl sites for hydroxylation is 1. The Morgan fingerprint density at radius 1 is 1.36 bits per heavy atom. The lowest BCUT2D eigenvalue weighted by atomic mass is 9.78. The third-order valence-corrected chi connectivity index (χ3v) is 6.25. The van der Waals surface area contributed by atoms with Crippen molar-refractivity contribution >= 4 is 28.8 Å². The highest BCUT2D eigenvalue weighted by Gasteiger charge is 2.56. The number of aromatic nitrogens is 1. The van der Waals surface area contributed by atoms with Crippen LogP contribution in [0.3, 0.4) is 0 Å². The SMILES string of the molecule is Cc1cccc(C(=O)N2C[C@@H](C)[C@@]3(CCN(c4ccsc4)C3=O)C2)n1. The zero-order valence-electron chi connectivity index (χ0n) is 14.4. The molecule has 4 rings (SSSR count). The summed E-state index contributed by atoms with van der Waals surface area (Å²) in [7, 11) is 0. The minimum Gasteiger partial charge on any atom is -0.336 e. The van der Waals surface area contributed by atoms with E-state index >= 15 is 0 Å². The van der Waals surface area contributed by atoms with Gasteiger partial charge in [0, 0.05) is 30.7 Å². The van der Waals surface area contributed by atoms with Crippen molar-refractivity contribution in [3.8, 4) is 0 Å². The summed E-state index contributed by atoms with van der Waals surface area (Å²) in [4.78, 5) is 34.1. The molecule has 25 heavy (non-hydrogen) atoms. The van der Waals surface area contributed by atoms with Crippen molar-refractivity contribution in [3.05, 3.63) is 46.4 Å². The van der Waals surface area contributed by atoms with Gasteiger partial charge in [-0.15, -0.1) is 0 Å². The third-order valence-electron chi connectivity index (χ3n) is 5.58. The van der Waals surface area contributed by atoms with E-state index in [1.54, 1.807) is 17.4 Å². The quantitative estimate of drug-likeness (QED) is 0.832. The summed E-state index contributed by atoms with van der Waals surface area (Å²) in [5.41, 5.74) is 1.81. The fraction of sp³-hybridized carbons (Fsp3) is 0.421. The highest BCUT2D eigenvalue weighted by molar-refractivity contribution is 7.08. The Balaban J connectivity index is 1.57. The minimum atomic E-state index is -0.457. The number of carbonyl (C=O) groups is 2.